The van der Waals surface area contributed by atoms with Crippen LogP contribution in [0.3, 0.4) is 0 Å². The molecule has 0 unspecified atom stereocenters. The number of aromatic nitrogens is 1. The maximum absolute atomic E-state index is 6.08. The molecule has 1 aliphatic rings. The molecule has 1 aromatic rings. The fourth-order valence-electron chi connectivity index (χ4n) is 1.58. The van der Waals surface area contributed by atoms with E-state index >= 15 is 0 Å². The summed E-state index contributed by atoms with van der Waals surface area (Å²) in [6.07, 6.45) is 2.61. The minimum Gasteiger partial charge on any atom is -0.382 e. The van der Waals surface area contributed by atoms with Crippen LogP contribution in [0.5, 0.6) is 0 Å². The van der Waals surface area contributed by atoms with Gasteiger partial charge in [0, 0.05) is 20.2 Å². The van der Waals surface area contributed by atoms with Crippen LogP contribution in [0.4, 0.5) is 11.6 Å². The summed E-state index contributed by atoms with van der Waals surface area (Å²) in [7, 11) is 1.90. The van der Waals surface area contributed by atoms with Crippen molar-refractivity contribution in [2.24, 2.45) is 5.92 Å². The maximum Gasteiger partial charge on any atom is 0.149 e. The van der Waals surface area contributed by atoms with Gasteiger partial charge in [-0.3, -0.25) is 0 Å². The van der Waals surface area contributed by atoms with E-state index < -0.39 is 0 Å². The molecule has 1 fully saturated rings. The van der Waals surface area contributed by atoms with E-state index in [0.717, 1.165) is 19.1 Å². The molecular weight excluding hydrogens is 273 g/mol. The molecule has 6 heteroatoms. The summed E-state index contributed by atoms with van der Waals surface area (Å²) in [6, 6.07) is 1.61. The molecule has 100 valence electrons. The van der Waals surface area contributed by atoms with E-state index in [0.29, 0.717) is 28.3 Å². The highest BCUT2D eigenvalue weighted by atomic mass is 35.5. The summed E-state index contributed by atoms with van der Waals surface area (Å²) < 4.78 is 5.57. The van der Waals surface area contributed by atoms with Crippen molar-refractivity contribution in [2.75, 3.05) is 37.4 Å². The van der Waals surface area contributed by atoms with Gasteiger partial charge in [0.25, 0.3) is 0 Å². The summed E-state index contributed by atoms with van der Waals surface area (Å²) >= 11 is 11.9. The van der Waals surface area contributed by atoms with Crippen molar-refractivity contribution in [3.05, 3.63) is 16.1 Å². The first kappa shape index (κ1) is 13.7. The van der Waals surface area contributed by atoms with E-state index in [9.17, 15) is 0 Å². The van der Waals surface area contributed by atoms with E-state index in [1.165, 1.54) is 12.8 Å². The van der Waals surface area contributed by atoms with E-state index in [1.807, 2.05) is 11.9 Å². The van der Waals surface area contributed by atoms with Crippen LogP contribution < -0.4 is 10.6 Å². The lowest BCUT2D eigenvalue weighted by Crippen LogP contribution is -2.24. The van der Waals surface area contributed by atoms with Crippen LogP contribution in [0, 0.1) is 5.92 Å². The van der Waals surface area contributed by atoms with E-state index in [-0.39, 0.29) is 0 Å². The van der Waals surface area contributed by atoms with Crippen molar-refractivity contribution < 1.29 is 4.74 Å². The molecule has 2 rings (SSSR count). The first-order chi connectivity index (χ1) is 8.58. The molecule has 1 aromatic heterocycles. The standard InChI is InChI=1S/C12H17Cl2N3O/c1-17(4-5-18-7-8-2-3-8)12-10(14)6-9(13)11(15)16-12/h6,8H,2-5,7H2,1H3,(H2,15,16). The fourth-order valence-corrected chi connectivity index (χ4v) is 2.08. The Morgan fingerprint density at radius 3 is 2.83 bits per heavy atom. The third-order valence-electron chi connectivity index (χ3n) is 2.92. The number of hydrogen-bond acceptors (Lipinski definition) is 4. The van der Waals surface area contributed by atoms with Gasteiger partial charge in [0.1, 0.15) is 11.6 Å². The highest BCUT2D eigenvalue weighted by molar-refractivity contribution is 6.37. The third-order valence-corrected chi connectivity index (χ3v) is 3.50. The summed E-state index contributed by atoms with van der Waals surface area (Å²) in [6.45, 7) is 2.24. The first-order valence-electron chi connectivity index (χ1n) is 5.98. The predicted molar refractivity (Wildman–Crippen MR) is 75.5 cm³/mol. The molecular formula is C12H17Cl2N3O. The molecule has 0 aliphatic heterocycles. The second-order valence-corrected chi connectivity index (χ2v) is 5.42. The zero-order valence-corrected chi connectivity index (χ0v) is 11.8. The van der Waals surface area contributed by atoms with Crippen LogP contribution >= 0.6 is 23.2 Å². The summed E-state index contributed by atoms with van der Waals surface area (Å²) in [5.74, 6) is 1.71. The van der Waals surface area contributed by atoms with Crippen molar-refractivity contribution >= 4 is 34.8 Å². The number of nitrogens with zero attached hydrogens (tertiary/aromatic N) is 2. The second-order valence-electron chi connectivity index (χ2n) is 4.60. The van der Waals surface area contributed by atoms with Crippen molar-refractivity contribution in [3.63, 3.8) is 0 Å². The van der Waals surface area contributed by atoms with E-state index in [1.54, 1.807) is 6.07 Å². The molecule has 0 amide bonds. The number of ether oxygens (including phenoxy) is 1. The van der Waals surface area contributed by atoms with Gasteiger partial charge in [-0.1, -0.05) is 23.2 Å². The fraction of sp³-hybridized carbons (Fsp3) is 0.583. The van der Waals surface area contributed by atoms with Crippen LogP contribution in [0.1, 0.15) is 12.8 Å². The molecule has 1 saturated carbocycles. The minimum atomic E-state index is 0.293. The Hall–Kier alpha value is -0.710. The van der Waals surface area contributed by atoms with Crippen LogP contribution in [0.2, 0.25) is 10.0 Å². The van der Waals surface area contributed by atoms with Crippen molar-refractivity contribution in [1.29, 1.82) is 0 Å². The summed E-state index contributed by atoms with van der Waals surface area (Å²) in [5, 5.41) is 0.876. The molecule has 0 atom stereocenters. The molecule has 1 heterocycles. The summed E-state index contributed by atoms with van der Waals surface area (Å²) in [4.78, 5) is 6.10. The topological polar surface area (TPSA) is 51.4 Å². The molecule has 1 aliphatic carbocycles. The number of hydrogen-bond donors (Lipinski definition) is 1. The van der Waals surface area contributed by atoms with Crippen molar-refractivity contribution in [1.82, 2.24) is 4.98 Å². The Morgan fingerprint density at radius 1 is 1.44 bits per heavy atom. The monoisotopic (exact) mass is 289 g/mol. The van der Waals surface area contributed by atoms with Gasteiger partial charge in [-0.15, -0.1) is 0 Å². The summed E-state index contributed by atoms with van der Waals surface area (Å²) in [5.41, 5.74) is 5.67. The quantitative estimate of drug-likeness (QED) is 0.818. The largest absolute Gasteiger partial charge is 0.382 e. The molecule has 0 spiro atoms. The number of anilines is 2. The van der Waals surface area contributed by atoms with Gasteiger partial charge >= 0.3 is 0 Å². The Kier molecular flexibility index (Phi) is 4.54. The van der Waals surface area contributed by atoms with Crippen LogP contribution in [0.15, 0.2) is 6.07 Å². The second kappa shape index (κ2) is 5.95. The van der Waals surface area contributed by atoms with Crippen LogP contribution in [0.25, 0.3) is 0 Å². The number of nitrogens with two attached hydrogens (primary N) is 1. The number of pyridine rings is 1. The predicted octanol–water partition coefficient (Wildman–Crippen LogP) is 2.83. The van der Waals surface area contributed by atoms with Crippen molar-refractivity contribution in [3.8, 4) is 0 Å². The van der Waals surface area contributed by atoms with Gasteiger partial charge in [-0.2, -0.15) is 0 Å². The molecule has 0 aromatic carbocycles. The minimum absolute atomic E-state index is 0.293. The Labute approximate surface area is 117 Å². The van der Waals surface area contributed by atoms with E-state index in [4.69, 9.17) is 33.7 Å². The van der Waals surface area contributed by atoms with Crippen LogP contribution in [-0.2, 0) is 4.74 Å². The molecule has 0 saturated heterocycles. The first-order valence-corrected chi connectivity index (χ1v) is 6.74. The SMILES string of the molecule is CN(CCOCC1CC1)c1nc(N)c(Cl)cc1Cl. The average molecular weight is 290 g/mol. The highest BCUT2D eigenvalue weighted by Gasteiger charge is 2.21. The normalized spacial score (nSPS) is 14.8. The smallest absolute Gasteiger partial charge is 0.149 e. The maximum atomic E-state index is 6.08. The Morgan fingerprint density at radius 2 is 2.17 bits per heavy atom. The average Bonchev–Trinajstić information content (AvgIpc) is 3.13. The van der Waals surface area contributed by atoms with Gasteiger partial charge in [0.05, 0.1) is 16.7 Å². The zero-order valence-electron chi connectivity index (χ0n) is 10.3. The van der Waals surface area contributed by atoms with Gasteiger partial charge in [-0.05, 0) is 24.8 Å². The highest BCUT2D eigenvalue weighted by Crippen LogP contribution is 2.30. The lowest BCUT2D eigenvalue weighted by molar-refractivity contribution is 0.131. The molecule has 2 N–H and O–H groups in total. The molecule has 0 bridgehead atoms. The molecule has 18 heavy (non-hydrogen) atoms. The number of halogens is 2. The van der Waals surface area contributed by atoms with Gasteiger partial charge in [0.15, 0.2) is 0 Å². The van der Waals surface area contributed by atoms with Gasteiger partial charge in [0.2, 0.25) is 0 Å². The Bertz CT molecular complexity index is 424. The Balaban J connectivity index is 1.86. The molecule has 0 radical (unpaired) electrons. The lowest BCUT2D eigenvalue weighted by atomic mass is 10.4. The van der Waals surface area contributed by atoms with Crippen molar-refractivity contribution in [2.45, 2.75) is 12.8 Å². The van der Waals surface area contributed by atoms with Gasteiger partial charge in [-0.25, -0.2) is 4.98 Å². The van der Waals surface area contributed by atoms with E-state index in [2.05, 4.69) is 4.98 Å². The van der Waals surface area contributed by atoms with Crippen LogP contribution in [-0.4, -0.2) is 31.8 Å². The number of nitrogen functional groups attached to an aromatic ring is 1. The lowest BCUT2D eigenvalue weighted by Gasteiger charge is -2.20. The number of likely N-dealkylation sites (N-methyl/N-ethyl adjacent to an activating group) is 1. The van der Waals surface area contributed by atoms with Gasteiger partial charge < -0.3 is 15.4 Å². The zero-order chi connectivity index (χ0) is 13.1. The molecule has 4 nitrogen and oxygen atoms in total. The third kappa shape index (κ3) is 3.64. The number of rotatable bonds is 6.